The number of nitrogens with two attached hydrogens (primary N) is 1. The van der Waals surface area contributed by atoms with Crippen molar-refractivity contribution in [1.29, 1.82) is 0 Å². The monoisotopic (exact) mass is 285 g/mol. The molecule has 0 aromatic heterocycles. The van der Waals surface area contributed by atoms with Crippen molar-refractivity contribution in [3.8, 4) is 0 Å². The summed E-state index contributed by atoms with van der Waals surface area (Å²) in [5.41, 5.74) is 4.16. The summed E-state index contributed by atoms with van der Waals surface area (Å²) in [6, 6.07) is -0.303. The average Bonchev–Trinajstić information content (AvgIpc) is 3.16. The SMILES string of the molecule is CC[C@@H](NC)C(=O)N(C)[C@]1(C(N)=O)CC1C(C)(C)OC. The Morgan fingerprint density at radius 3 is 2.45 bits per heavy atom. The van der Waals surface area contributed by atoms with E-state index in [1.54, 1.807) is 21.2 Å². The van der Waals surface area contributed by atoms with Crippen LogP contribution in [-0.4, -0.2) is 55.1 Å². The van der Waals surface area contributed by atoms with Crippen molar-refractivity contribution in [1.82, 2.24) is 10.2 Å². The summed E-state index contributed by atoms with van der Waals surface area (Å²) >= 11 is 0. The number of hydrogen-bond donors (Lipinski definition) is 2. The molecule has 1 saturated carbocycles. The van der Waals surface area contributed by atoms with E-state index in [0.29, 0.717) is 12.8 Å². The molecule has 3 N–H and O–H groups in total. The van der Waals surface area contributed by atoms with Gasteiger partial charge in [-0.1, -0.05) is 6.92 Å². The normalized spacial score (nSPS) is 27.0. The Hall–Kier alpha value is -1.14. The van der Waals surface area contributed by atoms with E-state index in [4.69, 9.17) is 10.5 Å². The van der Waals surface area contributed by atoms with Crippen LogP contribution in [0.4, 0.5) is 0 Å². The summed E-state index contributed by atoms with van der Waals surface area (Å²) in [5, 5.41) is 2.96. The molecule has 0 heterocycles. The minimum atomic E-state index is -0.930. The van der Waals surface area contributed by atoms with Gasteiger partial charge in [0.15, 0.2) is 0 Å². The molecule has 0 aromatic carbocycles. The minimum Gasteiger partial charge on any atom is -0.378 e. The topological polar surface area (TPSA) is 84.7 Å². The van der Waals surface area contributed by atoms with Gasteiger partial charge >= 0.3 is 0 Å². The van der Waals surface area contributed by atoms with Crippen LogP contribution >= 0.6 is 0 Å². The number of methoxy groups -OCH3 is 1. The first kappa shape index (κ1) is 16.9. The second kappa shape index (κ2) is 5.69. The van der Waals surface area contributed by atoms with Gasteiger partial charge in [-0.3, -0.25) is 9.59 Å². The van der Waals surface area contributed by atoms with Gasteiger partial charge in [-0.25, -0.2) is 0 Å². The lowest BCUT2D eigenvalue weighted by molar-refractivity contribution is -0.143. The highest BCUT2D eigenvalue weighted by Crippen LogP contribution is 2.54. The molecule has 0 aliphatic heterocycles. The summed E-state index contributed by atoms with van der Waals surface area (Å²) in [7, 11) is 4.99. The van der Waals surface area contributed by atoms with Crippen LogP contribution in [0.5, 0.6) is 0 Å². The standard InChI is InChI=1S/C14H27N3O3/c1-7-9(16-4)11(18)17(5)14(12(15)19)8-10(14)13(2,3)20-6/h9-10,16H,7-8H2,1-6H3,(H2,15,19)/t9-,10?,14-/m1/s1. The van der Waals surface area contributed by atoms with Gasteiger partial charge in [0.25, 0.3) is 0 Å². The molecule has 1 aliphatic carbocycles. The zero-order valence-corrected chi connectivity index (χ0v) is 13.3. The fourth-order valence-electron chi connectivity index (χ4n) is 2.96. The van der Waals surface area contributed by atoms with Crippen LogP contribution in [0, 0.1) is 5.92 Å². The minimum absolute atomic E-state index is 0.0826. The maximum absolute atomic E-state index is 12.5. The maximum Gasteiger partial charge on any atom is 0.243 e. The fraction of sp³-hybridized carbons (Fsp3) is 0.857. The molecule has 6 nitrogen and oxygen atoms in total. The molecule has 0 radical (unpaired) electrons. The number of carbonyl (C=O) groups excluding carboxylic acids is 2. The predicted molar refractivity (Wildman–Crippen MR) is 77.0 cm³/mol. The van der Waals surface area contributed by atoms with Crippen LogP contribution in [0.3, 0.4) is 0 Å². The second-order valence-electron chi connectivity index (χ2n) is 6.00. The van der Waals surface area contributed by atoms with Crippen LogP contribution in [-0.2, 0) is 14.3 Å². The number of carbonyl (C=O) groups is 2. The molecule has 1 aliphatic rings. The van der Waals surface area contributed by atoms with Crippen molar-refractivity contribution < 1.29 is 14.3 Å². The zero-order chi connectivity index (χ0) is 15.7. The van der Waals surface area contributed by atoms with E-state index in [1.807, 2.05) is 20.8 Å². The second-order valence-corrected chi connectivity index (χ2v) is 6.00. The van der Waals surface area contributed by atoms with Crippen molar-refractivity contribution in [2.45, 2.75) is 50.8 Å². The third-order valence-electron chi connectivity index (χ3n) is 4.71. The summed E-state index contributed by atoms with van der Waals surface area (Å²) in [4.78, 5) is 25.9. The smallest absolute Gasteiger partial charge is 0.243 e. The van der Waals surface area contributed by atoms with Gasteiger partial charge in [0.2, 0.25) is 11.8 Å². The first-order chi connectivity index (χ1) is 9.18. The Bertz CT molecular complexity index is 393. The third-order valence-corrected chi connectivity index (χ3v) is 4.71. The highest BCUT2D eigenvalue weighted by molar-refractivity contribution is 5.95. The van der Waals surface area contributed by atoms with Crippen molar-refractivity contribution >= 4 is 11.8 Å². The molecule has 2 amide bonds. The van der Waals surface area contributed by atoms with Crippen LogP contribution in [0.15, 0.2) is 0 Å². The molecule has 6 heteroatoms. The summed E-state index contributed by atoms with van der Waals surface area (Å²) < 4.78 is 5.45. The van der Waals surface area contributed by atoms with E-state index >= 15 is 0 Å². The molecular formula is C14H27N3O3. The van der Waals surface area contributed by atoms with E-state index in [0.717, 1.165) is 0 Å². The first-order valence-corrected chi connectivity index (χ1v) is 6.99. The number of hydrogen-bond acceptors (Lipinski definition) is 4. The van der Waals surface area contributed by atoms with Gasteiger partial charge < -0.3 is 20.7 Å². The molecule has 116 valence electrons. The number of likely N-dealkylation sites (N-methyl/N-ethyl adjacent to an activating group) is 2. The van der Waals surface area contributed by atoms with Gasteiger partial charge in [0.1, 0.15) is 5.54 Å². The van der Waals surface area contributed by atoms with Gasteiger partial charge in [-0.2, -0.15) is 0 Å². The highest BCUT2D eigenvalue weighted by Gasteiger charge is 2.68. The Kier molecular flexibility index (Phi) is 4.82. The lowest BCUT2D eigenvalue weighted by Gasteiger charge is -2.33. The molecule has 20 heavy (non-hydrogen) atoms. The van der Waals surface area contributed by atoms with Crippen LogP contribution in [0.25, 0.3) is 0 Å². The number of nitrogens with one attached hydrogen (secondary N) is 1. The predicted octanol–water partition coefficient (Wildman–Crippen LogP) is 0.112. The lowest BCUT2D eigenvalue weighted by atomic mass is 9.96. The van der Waals surface area contributed by atoms with E-state index < -0.39 is 17.0 Å². The van der Waals surface area contributed by atoms with Crippen molar-refractivity contribution in [2.75, 3.05) is 21.2 Å². The number of rotatable bonds is 7. The van der Waals surface area contributed by atoms with Gasteiger partial charge in [-0.05, 0) is 33.7 Å². The molecule has 0 aromatic rings. The molecule has 0 saturated heterocycles. The van der Waals surface area contributed by atoms with Crippen molar-refractivity contribution in [3.05, 3.63) is 0 Å². The molecule has 3 atom stereocenters. The van der Waals surface area contributed by atoms with E-state index in [2.05, 4.69) is 5.32 Å². The van der Waals surface area contributed by atoms with Crippen LogP contribution < -0.4 is 11.1 Å². The number of amides is 2. The molecule has 0 bridgehead atoms. The van der Waals surface area contributed by atoms with Gasteiger partial charge in [-0.15, -0.1) is 0 Å². The van der Waals surface area contributed by atoms with Gasteiger partial charge in [0, 0.05) is 20.1 Å². The Labute approximate surface area is 121 Å². The number of primary amides is 1. The third kappa shape index (κ3) is 2.54. The average molecular weight is 285 g/mol. The lowest BCUT2D eigenvalue weighted by Crippen LogP contribution is -2.56. The highest BCUT2D eigenvalue weighted by atomic mass is 16.5. The van der Waals surface area contributed by atoms with Crippen molar-refractivity contribution in [2.24, 2.45) is 11.7 Å². The molecule has 1 fully saturated rings. The summed E-state index contributed by atoms with van der Waals surface area (Å²) in [6.07, 6.45) is 1.21. The van der Waals surface area contributed by atoms with Crippen LogP contribution in [0.1, 0.15) is 33.6 Å². The quantitative estimate of drug-likeness (QED) is 0.695. The summed E-state index contributed by atoms with van der Waals surface area (Å²) in [6.45, 7) is 5.75. The summed E-state index contributed by atoms with van der Waals surface area (Å²) in [5.74, 6) is -0.654. The van der Waals surface area contributed by atoms with Crippen molar-refractivity contribution in [3.63, 3.8) is 0 Å². The van der Waals surface area contributed by atoms with E-state index in [-0.39, 0.29) is 17.9 Å². The maximum atomic E-state index is 12.5. The Morgan fingerprint density at radius 1 is 1.55 bits per heavy atom. The fourth-order valence-corrected chi connectivity index (χ4v) is 2.96. The number of nitrogens with zero attached hydrogens (tertiary/aromatic N) is 1. The Balaban J connectivity index is 3.01. The van der Waals surface area contributed by atoms with E-state index in [1.165, 1.54) is 4.90 Å². The van der Waals surface area contributed by atoms with E-state index in [9.17, 15) is 9.59 Å². The molecule has 0 spiro atoms. The number of ether oxygens (including phenoxy) is 1. The molecular weight excluding hydrogens is 258 g/mol. The van der Waals surface area contributed by atoms with Gasteiger partial charge in [0.05, 0.1) is 11.6 Å². The van der Waals surface area contributed by atoms with Crippen LogP contribution in [0.2, 0.25) is 0 Å². The zero-order valence-electron chi connectivity index (χ0n) is 13.3. The first-order valence-electron chi connectivity index (χ1n) is 6.99. The Morgan fingerprint density at radius 2 is 2.10 bits per heavy atom. The molecule has 1 unspecified atom stereocenters. The molecule has 1 rings (SSSR count). The largest absolute Gasteiger partial charge is 0.378 e.